The van der Waals surface area contributed by atoms with Gasteiger partial charge in [-0.15, -0.1) is 0 Å². The number of hydrogen-bond acceptors (Lipinski definition) is 3. The Bertz CT molecular complexity index is 764. The third-order valence-corrected chi connectivity index (χ3v) is 3.55. The summed E-state index contributed by atoms with van der Waals surface area (Å²) in [6, 6.07) is 14.1. The maximum absolute atomic E-state index is 12.2. The van der Waals surface area contributed by atoms with Crippen molar-refractivity contribution in [2.75, 3.05) is 5.32 Å². The minimum atomic E-state index is -0.278. The summed E-state index contributed by atoms with van der Waals surface area (Å²) in [5.41, 5.74) is 6.09. The molecule has 0 fully saturated rings. The number of anilines is 1. The predicted molar refractivity (Wildman–Crippen MR) is 96.4 cm³/mol. The first-order valence-corrected chi connectivity index (χ1v) is 7.81. The Morgan fingerprint density at radius 2 is 1.71 bits per heavy atom. The molecule has 0 aliphatic carbocycles. The largest absolute Gasteiger partial charge is 0.322 e. The lowest BCUT2D eigenvalue weighted by atomic mass is 10.1. The number of benzene rings is 2. The first-order chi connectivity index (χ1) is 11.5. The molecule has 0 spiro atoms. The highest BCUT2D eigenvalue weighted by Crippen LogP contribution is 2.12. The topological polar surface area (TPSA) is 70.6 Å². The van der Waals surface area contributed by atoms with Gasteiger partial charge in [-0.3, -0.25) is 9.59 Å². The van der Waals surface area contributed by atoms with Gasteiger partial charge < -0.3 is 5.32 Å². The second kappa shape index (κ2) is 8.06. The van der Waals surface area contributed by atoms with Crippen LogP contribution in [0.25, 0.3) is 0 Å². The fourth-order valence-electron chi connectivity index (χ4n) is 1.98. The lowest BCUT2D eigenvalue weighted by Gasteiger charge is -2.07. The Morgan fingerprint density at radius 1 is 1.00 bits per heavy atom. The third kappa shape index (κ3) is 4.78. The summed E-state index contributed by atoms with van der Waals surface area (Å²) in [6.45, 7) is 5.76. The van der Waals surface area contributed by atoms with Crippen molar-refractivity contribution in [1.29, 1.82) is 0 Å². The normalized spacial score (nSPS) is 11.0. The first-order valence-electron chi connectivity index (χ1n) is 7.81. The molecule has 0 saturated carbocycles. The molecule has 0 aliphatic rings. The van der Waals surface area contributed by atoms with E-state index in [1.165, 1.54) is 0 Å². The van der Waals surface area contributed by atoms with Crippen LogP contribution in [0.1, 0.15) is 46.5 Å². The number of hydrazone groups is 1. The van der Waals surface area contributed by atoms with E-state index in [1.54, 1.807) is 30.3 Å². The Balaban J connectivity index is 2.01. The van der Waals surface area contributed by atoms with Crippen molar-refractivity contribution < 1.29 is 9.59 Å². The fourth-order valence-corrected chi connectivity index (χ4v) is 1.98. The summed E-state index contributed by atoms with van der Waals surface area (Å²) in [5.74, 6) is -0.460. The highest BCUT2D eigenvalue weighted by molar-refractivity contribution is 6.04. The van der Waals surface area contributed by atoms with Crippen molar-refractivity contribution in [3.63, 3.8) is 0 Å². The summed E-state index contributed by atoms with van der Waals surface area (Å²) >= 11 is 0. The number of carbonyl (C=O) groups excluding carboxylic acids is 2. The van der Waals surface area contributed by atoms with Crippen LogP contribution in [0, 0.1) is 6.92 Å². The lowest BCUT2D eigenvalue weighted by molar-refractivity contribution is 0.0954. The minimum Gasteiger partial charge on any atom is -0.322 e. The zero-order valence-electron chi connectivity index (χ0n) is 14.1. The van der Waals surface area contributed by atoms with Crippen molar-refractivity contribution in [2.45, 2.75) is 27.2 Å². The van der Waals surface area contributed by atoms with Gasteiger partial charge in [0.1, 0.15) is 0 Å². The monoisotopic (exact) mass is 323 g/mol. The van der Waals surface area contributed by atoms with Crippen molar-refractivity contribution in [3.8, 4) is 0 Å². The van der Waals surface area contributed by atoms with Gasteiger partial charge in [0.15, 0.2) is 0 Å². The summed E-state index contributed by atoms with van der Waals surface area (Å²) in [7, 11) is 0. The number of nitrogens with zero attached hydrogens (tertiary/aromatic N) is 1. The Labute approximate surface area is 141 Å². The zero-order valence-corrected chi connectivity index (χ0v) is 14.1. The van der Waals surface area contributed by atoms with Crippen LogP contribution < -0.4 is 10.7 Å². The molecule has 2 N–H and O–H groups in total. The SMILES string of the molecule is CCC(C)=NNC(=O)c1ccc(NC(=O)c2cccc(C)c2)cc1. The quantitative estimate of drug-likeness (QED) is 0.649. The Morgan fingerprint density at radius 3 is 2.33 bits per heavy atom. The van der Waals surface area contributed by atoms with E-state index in [4.69, 9.17) is 0 Å². The summed E-state index contributed by atoms with van der Waals surface area (Å²) in [6.07, 6.45) is 0.782. The molecule has 2 aromatic carbocycles. The van der Waals surface area contributed by atoms with Gasteiger partial charge >= 0.3 is 0 Å². The van der Waals surface area contributed by atoms with Gasteiger partial charge in [0, 0.05) is 22.5 Å². The van der Waals surface area contributed by atoms with Gasteiger partial charge in [0.2, 0.25) is 0 Å². The third-order valence-electron chi connectivity index (χ3n) is 3.55. The van der Waals surface area contributed by atoms with E-state index >= 15 is 0 Å². The zero-order chi connectivity index (χ0) is 17.5. The molecule has 0 aliphatic heterocycles. The van der Waals surface area contributed by atoms with Gasteiger partial charge in [-0.2, -0.15) is 5.10 Å². The molecule has 0 aromatic heterocycles. The molecule has 2 amide bonds. The van der Waals surface area contributed by atoms with Gasteiger partial charge in [0.05, 0.1) is 0 Å². The highest BCUT2D eigenvalue weighted by atomic mass is 16.2. The lowest BCUT2D eigenvalue weighted by Crippen LogP contribution is -2.19. The van der Waals surface area contributed by atoms with Crippen LogP contribution in [-0.4, -0.2) is 17.5 Å². The standard InChI is InChI=1S/C19H21N3O2/c1-4-14(3)21-22-19(24)15-8-10-17(11-9-15)20-18(23)16-7-5-6-13(2)12-16/h5-12H,4H2,1-3H3,(H,20,23)(H,22,24). The average molecular weight is 323 g/mol. The maximum Gasteiger partial charge on any atom is 0.271 e. The van der Waals surface area contributed by atoms with Crippen LogP contribution in [-0.2, 0) is 0 Å². The van der Waals surface area contributed by atoms with E-state index in [0.29, 0.717) is 16.8 Å². The number of nitrogens with one attached hydrogen (secondary N) is 2. The van der Waals surface area contributed by atoms with Crippen LogP contribution in [0.4, 0.5) is 5.69 Å². The van der Waals surface area contributed by atoms with Gasteiger partial charge in [-0.05, 0) is 56.7 Å². The van der Waals surface area contributed by atoms with Crippen LogP contribution >= 0.6 is 0 Å². The van der Waals surface area contributed by atoms with Crippen molar-refractivity contribution in [3.05, 3.63) is 65.2 Å². The van der Waals surface area contributed by atoms with E-state index in [-0.39, 0.29) is 11.8 Å². The molecule has 2 rings (SSSR count). The molecule has 124 valence electrons. The van der Waals surface area contributed by atoms with Gasteiger partial charge in [-0.1, -0.05) is 24.6 Å². The number of aryl methyl sites for hydroxylation is 1. The minimum absolute atomic E-state index is 0.181. The number of carbonyl (C=O) groups is 2. The van der Waals surface area contributed by atoms with Crippen molar-refractivity contribution in [2.24, 2.45) is 5.10 Å². The predicted octanol–water partition coefficient (Wildman–Crippen LogP) is 3.76. The van der Waals surface area contributed by atoms with Crippen LogP contribution in [0.3, 0.4) is 0 Å². The molecule has 0 unspecified atom stereocenters. The molecule has 0 bridgehead atoms. The van der Waals surface area contributed by atoms with E-state index in [0.717, 1.165) is 17.7 Å². The smallest absolute Gasteiger partial charge is 0.271 e. The summed E-state index contributed by atoms with van der Waals surface area (Å²) < 4.78 is 0. The van der Waals surface area contributed by atoms with E-state index in [1.807, 2.05) is 39.0 Å². The van der Waals surface area contributed by atoms with Gasteiger partial charge in [-0.25, -0.2) is 5.43 Å². The summed E-state index contributed by atoms with van der Waals surface area (Å²) in [5, 5.41) is 6.80. The molecule has 0 saturated heterocycles. The average Bonchev–Trinajstić information content (AvgIpc) is 2.60. The maximum atomic E-state index is 12.2. The number of rotatable bonds is 5. The van der Waals surface area contributed by atoms with E-state index in [9.17, 15) is 9.59 Å². The number of hydrogen-bond donors (Lipinski definition) is 2. The molecule has 0 heterocycles. The Hall–Kier alpha value is -2.95. The second-order valence-corrected chi connectivity index (χ2v) is 5.54. The van der Waals surface area contributed by atoms with E-state index in [2.05, 4.69) is 15.8 Å². The molecule has 5 nitrogen and oxygen atoms in total. The van der Waals surface area contributed by atoms with Crippen LogP contribution in [0.15, 0.2) is 53.6 Å². The molecule has 24 heavy (non-hydrogen) atoms. The van der Waals surface area contributed by atoms with Crippen LogP contribution in [0.2, 0.25) is 0 Å². The first kappa shape index (κ1) is 17.4. The van der Waals surface area contributed by atoms with E-state index < -0.39 is 0 Å². The molecule has 0 radical (unpaired) electrons. The molecule has 5 heteroatoms. The summed E-state index contributed by atoms with van der Waals surface area (Å²) in [4.78, 5) is 24.1. The molecular weight excluding hydrogens is 302 g/mol. The number of amides is 2. The molecule has 2 aromatic rings. The second-order valence-electron chi connectivity index (χ2n) is 5.54. The highest BCUT2D eigenvalue weighted by Gasteiger charge is 2.08. The molecule has 0 atom stereocenters. The fraction of sp³-hybridized carbons (Fsp3) is 0.211. The van der Waals surface area contributed by atoms with Crippen molar-refractivity contribution >= 4 is 23.2 Å². The van der Waals surface area contributed by atoms with Crippen molar-refractivity contribution in [1.82, 2.24) is 5.43 Å². The van der Waals surface area contributed by atoms with Crippen LogP contribution in [0.5, 0.6) is 0 Å². The van der Waals surface area contributed by atoms with Gasteiger partial charge in [0.25, 0.3) is 11.8 Å². The Kier molecular flexibility index (Phi) is 5.84. The molecular formula is C19H21N3O2.